The standard InChI is InChI=1S/C76H134O6/c1-4-7-10-13-16-19-22-25-28-30-32-34-35-36-37-38-39-40-41-43-44-46-48-51-54-57-60-63-66-69-75(78)81-72-73(71-80-74(77)68-65-62-59-56-53-50-27-24-21-18-15-12-9-6-3)82-76(79)70-67-64-61-58-55-52-49-47-45-42-33-31-29-26-23-20-17-14-11-8-5-2/h7,10,16,19,25,28,31-34,36-37,39-40,73H,4-6,8-9,11-15,17-18,20-24,26-27,29-30,35,38,41-72H2,1-3H3/b10-7-,19-16-,28-25-,33-31-,34-32-,37-36-,40-39-. The summed E-state index contributed by atoms with van der Waals surface area (Å²) in [4.78, 5) is 38.5. The molecule has 6 nitrogen and oxygen atoms in total. The molecule has 0 amide bonds. The Bertz CT molecular complexity index is 1550. The topological polar surface area (TPSA) is 78.9 Å². The van der Waals surface area contributed by atoms with E-state index in [2.05, 4.69) is 106 Å². The molecule has 0 saturated heterocycles. The van der Waals surface area contributed by atoms with Crippen LogP contribution in [0.3, 0.4) is 0 Å². The van der Waals surface area contributed by atoms with Crippen molar-refractivity contribution >= 4 is 17.9 Å². The van der Waals surface area contributed by atoms with E-state index in [0.29, 0.717) is 19.3 Å². The van der Waals surface area contributed by atoms with E-state index in [-0.39, 0.29) is 31.1 Å². The largest absolute Gasteiger partial charge is 0.462 e. The van der Waals surface area contributed by atoms with Gasteiger partial charge in [0.1, 0.15) is 13.2 Å². The Morgan fingerprint density at radius 1 is 0.256 bits per heavy atom. The van der Waals surface area contributed by atoms with Gasteiger partial charge in [-0.1, -0.05) is 331 Å². The molecule has 0 fully saturated rings. The summed E-state index contributed by atoms with van der Waals surface area (Å²) in [7, 11) is 0. The zero-order valence-electron chi connectivity index (χ0n) is 54.5. The lowest BCUT2D eigenvalue weighted by Crippen LogP contribution is -2.30. The van der Waals surface area contributed by atoms with Gasteiger partial charge in [0.25, 0.3) is 0 Å². The van der Waals surface area contributed by atoms with Gasteiger partial charge in [-0.05, 0) is 96.3 Å². The van der Waals surface area contributed by atoms with Crippen LogP contribution in [0.2, 0.25) is 0 Å². The lowest BCUT2D eigenvalue weighted by atomic mass is 10.0. The van der Waals surface area contributed by atoms with Gasteiger partial charge in [-0.15, -0.1) is 0 Å². The van der Waals surface area contributed by atoms with E-state index in [1.807, 2.05) is 0 Å². The molecule has 6 heteroatoms. The van der Waals surface area contributed by atoms with Crippen LogP contribution in [0.5, 0.6) is 0 Å². The molecule has 0 bridgehead atoms. The second-order valence-corrected chi connectivity index (χ2v) is 23.8. The summed E-state index contributed by atoms with van der Waals surface area (Å²) >= 11 is 0. The van der Waals surface area contributed by atoms with E-state index in [1.54, 1.807) is 0 Å². The van der Waals surface area contributed by atoms with Gasteiger partial charge in [0.15, 0.2) is 6.10 Å². The summed E-state index contributed by atoms with van der Waals surface area (Å²) in [6, 6.07) is 0. The summed E-state index contributed by atoms with van der Waals surface area (Å²) in [6.07, 6.45) is 93.2. The van der Waals surface area contributed by atoms with Crippen LogP contribution in [-0.2, 0) is 28.6 Å². The van der Waals surface area contributed by atoms with Gasteiger partial charge in [0, 0.05) is 19.3 Å². The number of hydrogen-bond donors (Lipinski definition) is 0. The fraction of sp³-hybridized carbons (Fsp3) is 0.776. The average molecular weight is 1140 g/mol. The predicted octanol–water partition coefficient (Wildman–Crippen LogP) is 24.6. The van der Waals surface area contributed by atoms with Gasteiger partial charge in [0.05, 0.1) is 0 Å². The summed E-state index contributed by atoms with van der Waals surface area (Å²) < 4.78 is 17.0. The minimum Gasteiger partial charge on any atom is -0.462 e. The van der Waals surface area contributed by atoms with Crippen LogP contribution in [0, 0.1) is 0 Å². The van der Waals surface area contributed by atoms with E-state index in [4.69, 9.17) is 14.2 Å². The van der Waals surface area contributed by atoms with Crippen molar-refractivity contribution in [2.45, 2.75) is 367 Å². The first-order valence-electron chi connectivity index (χ1n) is 35.6. The number of rotatable bonds is 65. The molecule has 0 rings (SSSR count). The fourth-order valence-electron chi connectivity index (χ4n) is 10.3. The normalized spacial score (nSPS) is 12.6. The van der Waals surface area contributed by atoms with Gasteiger partial charge < -0.3 is 14.2 Å². The van der Waals surface area contributed by atoms with Gasteiger partial charge in [-0.25, -0.2) is 0 Å². The number of carbonyl (C=O) groups is 3. The average Bonchev–Trinajstić information content (AvgIpc) is 3.47. The SMILES string of the molecule is CC/C=C\C/C=C\C/C=C\C/C=C\C/C=C\C/C=C\CCCCCCCCCCCCC(=O)OCC(COC(=O)CCCCCCCCCCCCCCCC)OC(=O)CCCCCCCCCCC/C=C\CCCCCCCCCC. The van der Waals surface area contributed by atoms with Crippen LogP contribution in [0.15, 0.2) is 85.1 Å². The molecule has 1 atom stereocenters. The lowest BCUT2D eigenvalue weighted by molar-refractivity contribution is -0.167. The summed E-state index contributed by atoms with van der Waals surface area (Å²) in [5, 5.41) is 0. The van der Waals surface area contributed by atoms with E-state index >= 15 is 0 Å². The van der Waals surface area contributed by atoms with Crippen LogP contribution in [0.25, 0.3) is 0 Å². The molecule has 0 aromatic rings. The van der Waals surface area contributed by atoms with Crippen molar-refractivity contribution in [3.8, 4) is 0 Å². The number of esters is 3. The zero-order chi connectivity index (χ0) is 59.2. The highest BCUT2D eigenvalue weighted by Gasteiger charge is 2.19. The zero-order valence-corrected chi connectivity index (χ0v) is 54.5. The minimum atomic E-state index is -0.779. The molecule has 82 heavy (non-hydrogen) atoms. The molecule has 0 aliphatic heterocycles. The maximum atomic E-state index is 13.0. The van der Waals surface area contributed by atoms with E-state index in [1.165, 1.54) is 225 Å². The Balaban J connectivity index is 4.29. The van der Waals surface area contributed by atoms with Crippen molar-refractivity contribution in [2.24, 2.45) is 0 Å². The Morgan fingerprint density at radius 2 is 0.476 bits per heavy atom. The Hall–Kier alpha value is -3.41. The summed E-state index contributed by atoms with van der Waals surface area (Å²) in [5.41, 5.74) is 0. The molecule has 0 spiro atoms. The molecule has 1 unspecified atom stereocenters. The fourth-order valence-corrected chi connectivity index (χ4v) is 10.3. The molecular weight excluding hydrogens is 1010 g/mol. The quantitative estimate of drug-likeness (QED) is 0.0261. The van der Waals surface area contributed by atoms with Gasteiger partial charge in [0.2, 0.25) is 0 Å². The molecule has 0 aliphatic carbocycles. The monoisotopic (exact) mass is 1140 g/mol. The first-order chi connectivity index (χ1) is 40.5. The highest BCUT2D eigenvalue weighted by atomic mass is 16.6. The summed E-state index contributed by atoms with van der Waals surface area (Å²) in [6.45, 7) is 6.57. The van der Waals surface area contributed by atoms with Crippen LogP contribution in [-0.4, -0.2) is 37.2 Å². The van der Waals surface area contributed by atoms with Crippen molar-refractivity contribution in [3.63, 3.8) is 0 Å². The number of hydrogen-bond acceptors (Lipinski definition) is 6. The lowest BCUT2D eigenvalue weighted by Gasteiger charge is -2.18. The second kappa shape index (κ2) is 70.1. The highest BCUT2D eigenvalue weighted by Crippen LogP contribution is 2.17. The molecule has 0 radical (unpaired) electrons. The first-order valence-corrected chi connectivity index (χ1v) is 35.6. The molecule has 0 saturated carbocycles. The maximum Gasteiger partial charge on any atom is 0.306 e. The molecule has 474 valence electrons. The second-order valence-electron chi connectivity index (χ2n) is 23.8. The predicted molar refractivity (Wildman–Crippen MR) is 358 cm³/mol. The third kappa shape index (κ3) is 67.4. The van der Waals surface area contributed by atoms with E-state index in [9.17, 15) is 14.4 Å². The maximum absolute atomic E-state index is 13.0. The number of ether oxygens (including phenoxy) is 3. The minimum absolute atomic E-state index is 0.0739. The molecule has 0 N–H and O–H groups in total. The molecule has 0 aliphatic rings. The number of allylic oxidation sites excluding steroid dienone is 14. The highest BCUT2D eigenvalue weighted by molar-refractivity contribution is 5.71. The summed E-state index contributed by atoms with van der Waals surface area (Å²) in [5.74, 6) is -0.860. The van der Waals surface area contributed by atoms with E-state index < -0.39 is 6.10 Å². The first kappa shape index (κ1) is 78.6. The Kier molecular flexibility index (Phi) is 67.2. The van der Waals surface area contributed by atoms with Crippen molar-refractivity contribution in [1.29, 1.82) is 0 Å². The van der Waals surface area contributed by atoms with Crippen molar-refractivity contribution in [1.82, 2.24) is 0 Å². The Morgan fingerprint density at radius 3 is 0.756 bits per heavy atom. The van der Waals surface area contributed by atoms with Crippen molar-refractivity contribution in [2.75, 3.05) is 13.2 Å². The molecule has 0 heterocycles. The molecule has 0 aromatic carbocycles. The number of carbonyl (C=O) groups excluding carboxylic acids is 3. The van der Waals surface area contributed by atoms with Crippen molar-refractivity contribution in [3.05, 3.63) is 85.1 Å². The van der Waals surface area contributed by atoms with Crippen LogP contribution < -0.4 is 0 Å². The van der Waals surface area contributed by atoms with Gasteiger partial charge in [-0.2, -0.15) is 0 Å². The van der Waals surface area contributed by atoms with Crippen LogP contribution >= 0.6 is 0 Å². The van der Waals surface area contributed by atoms with Crippen molar-refractivity contribution < 1.29 is 28.6 Å². The van der Waals surface area contributed by atoms with Gasteiger partial charge >= 0.3 is 17.9 Å². The third-order valence-electron chi connectivity index (χ3n) is 15.6. The molecular formula is C76H134O6. The Labute approximate surface area is 509 Å². The smallest absolute Gasteiger partial charge is 0.306 e. The van der Waals surface area contributed by atoms with Gasteiger partial charge in [-0.3, -0.25) is 14.4 Å². The molecule has 0 aromatic heterocycles. The number of unbranched alkanes of at least 4 members (excludes halogenated alkanes) is 40. The van der Waals surface area contributed by atoms with Crippen LogP contribution in [0.1, 0.15) is 361 Å². The van der Waals surface area contributed by atoms with E-state index in [0.717, 1.165) is 96.3 Å². The third-order valence-corrected chi connectivity index (χ3v) is 15.6. The van der Waals surface area contributed by atoms with Crippen LogP contribution in [0.4, 0.5) is 0 Å².